The average Bonchev–Trinajstić information content (AvgIpc) is 3.38. The van der Waals surface area contributed by atoms with Gasteiger partial charge in [-0.15, -0.1) is 0 Å². The Bertz CT molecular complexity index is 765. The number of methoxy groups -OCH3 is 1. The van der Waals surface area contributed by atoms with Crippen LogP contribution in [-0.2, 0) is 11.2 Å². The molecule has 5 nitrogen and oxygen atoms in total. The highest BCUT2D eigenvalue weighted by molar-refractivity contribution is 5.80. The lowest BCUT2D eigenvalue weighted by Crippen LogP contribution is -2.41. The van der Waals surface area contributed by atoms with E-state index >= 15 is 0 Å². The third-order valence-electron chi connectivity index (χ3n) is 5.75. The van der Waals surface area contributed by atoms with Gasteiger partial charge in [0.15, 0.2) is 11.5 Å². The molecule has 1 aromatic carbocycles. The summed E-state index contributed by atoms with van der Waals surface area (Å²) >= 11 is 0. The molecule has 2 aromatic rings. The predicted octanol–water partition coefficient (Wildman–Crippen LogP) is 4.07. The molecular weight excluding hydrogens is 342 g/mol. The lowest BCUT2D eigenvalue weighted by Gasteiger charge is -2.29. The number of rotatable bonds is 6. The topological polar surface area (TPSA) is 60.7 Å². The summed E-state index contributed by atoms with van der Waals surface area (Å²) in [5.41, 5.74) is 1.19. The van der Waals surface area contributed by atoms with Crippen LogP contribution in [0.2, 0.25) is 0 Å². The summed E-state index contributed by atoms with van der Waals surface area (Å²) in [7, 11) is 1.68. The second-order valence-electron chi connectivity index (χ2n) is 7.59. The third kappa shape index (κ3) is 4.12. The Kier molecular flexibility index (Phi) is 5.37. The summed E-state index contributed by atoms with van der Waals surface area (Å²) in [5, 5.41) is 3.06. The van der Waals surface area contributed by atoms with E-state index in [4.69, 9.17) is 13.9 Å². The smallest absolute Gasteiger partial charge is 0.223 e. The molecule has 1 saturated carbocycles. The molecule has 0 unspecified atom stereocenters. The van der Waals surface area contributed by atoms with Gasteiger partial charge in [-0.1, -0.05) is 6.07 Å². The van der Waals surface area contributed by atoms with Crippen LogP contribution in [0.4, 0.5) is 0 Å². The molecule has 2 fully saturated rings. The van der Waals surface area contributed by atoms with E-state index in [2.05, 4.69) is 17.4 Å². The van der Waals surface area contributed by atoms with Gasteiger partial charge in [-0.25, -0.2) is 0 Å². The molecule has 2 heterocycles. The summed E-state index contributed by atoms with van der Waals surface area (Å²) in [5.74, 6) is 2.75. The average molecular weight is 369 g/mol. The van der Waals surface area contributed by atoms with E-state index < -0.39 is 0 Å². The Balaban J connectivity index is 1.50. The molecule has 1 aromatic heterocycles. The maximum atomic E-state index is 12.3. The Labute approximate surface area is 160 Å². The summed E-state index contributed by atoms with van der Waals surface area (Å²) in [6.45, 7) is 0.655. The van der Waals surface area contributed by atoms with E-state index in [0.717, 1.165) is 36.5 Å². The number of ether oxygens (including phenoxy) is 2. The summed E-state index contributed by atoms with van der Waals surface area (Å²) < 4.78 is 17.2. The van der Waals surface area contributed by atoms with Crippen molar-refractivity contribution in [2.45, 2.75) is 50.5 Å². The molecule has 1 aliphatic carbocycles. The largest absolute Gasteiger partial charge is 0.493 e. The molecule has 2 atom stereocenters. The van der Waals surface area contributed by atoms with Gasteiger partial charge in [-0.2, -0.15) is 0 Å². The Morgan fingerprint density at radius 2 is 2.04 bits per heavy atom. The van der Waals surface area contributed by atoms with Crippen molar-refractivity contribution < 1.29 is 18.7 Å². The first-order valence-electron chi connectivity index (χ1n) is 9.87. The minimum absolute atomic E-state index is 0.0730. The highest BCUT2D eigenvalue weighted by atomic mass is 16.5. The van der Waals surface area contributed by atoms with Crippen molar-refractivity contribution in [1.82, 2.24) is 5.32 Å². The predicted molar refractivity (Wildman–Crippen MR) is 102 cm³/mol. The van der Waals surface area contributed by atoms with Crippen molar-refractivity contribution in [2.75, 3.05) is 13.7 Å². The van der Waals surface area contributed by atoms with Gasteiger partial charge in [-0.3, -0.25) is 4.79 Å². The molecule has 0 bridgehead atoms. The highest BCUT2D eigenvalue weighted by Crippen LogP contribution is 2.37. The van der Waals surface area contributed by atoms with Gasteiger partial charge in [0.05, 0.1) is 19.5 Å². The third-order valence-corrected chi connectivity index (χ3v) is 5.75. The van der Waals surface area contributed by atoms with E-state index in [0.29, 0.717) is 13.0 Å². The summed E-state index contributed by atoms with van der Waals surface area (Å²) in [6, 6.07) is 9.97. The fourth-order valence-corrected chi connectivity index (χ4v) is 4.23. The lowest BCUT2D eigenvalue weighted by molar-refractivity contribution is -0.127. The number of nitrogens with one attached hydrogen (secondary N) is 1. The number of piperidine rings is 1. The number of hydrogen-bond donors (Lipinski definition) is 1. The molecule has 1 N–H and O–H groups in total. The Hall–Kier alpha value is -2.43. The van der Waals surface area contributed by atoms with Crippen LogP contribution in [-0.4, -0.2) is 25.7 Å². The van der Waals surface area contributed by atoms with Crippen molar-refractivity contribution in [3.63, 3.8) is 0 Å². The van der Waals surface area contributed by atoms with E-state index in [1.807, 2.05) is 18.2 Å². The van der Waals surface area contributed by atoms with Gasteiger partial charge >= 0.3 is 0 Å². The van der Waals surface area contributed by atoms with Crippen LogP contribution < -0.4 is 14.8 Å². The van der Waals surface area contributed by atoms with Gasteiger partial charge in [0.1, 0.15) is 5.76 Å². The summed E-state index contributed by atoms with van der Waals surface area (Å²) in [4.78, 5) is 12.3. The van der Waals surface area contributed by atoms with Crippen LogP contribution in [0.15, 0.2) is 41.0 Å². The second-order valence-corrected chi connectivity index (χ2v) is 7.59. The second kappa shape index (κ2) is 8.07. The van der Waals surface area contributed by atoms with Gasteiger partial charge in [0, 0.05) is 24.8 Å². The molecule has 1 aliphatic heterocycles. The highest BCUT2D eigenvalue weighted by Gasteiger charge is 2.31. The van der Waals surface area contributed by atoms with Crippen LogP contribution in [0.25, 0.3) is 0 Å². The van der Waals surface area contributed by atoms with Gasteiger partial charge in [-0.05, 0) is 61.9 Å². The molecule has 2 aliphatic rings. The fourth-order valence-electron chi connectivity index (χ4n) is 4.23. The number of amides is 1. The van der Waals surface area contributed by atoms with E-state index in [1.165, 1.54) is 18.4 Å². The standard InChI is InChI=1S/C22H27NO4/c1-25-20-9-8-15(13-21(20)27-18-5-2-3-6-18)17-11-16(22(24)23-14-17)12-19-7-4-10-26-19/h4,7-10,13,16-18H,2-3,5-6,11-12,14H2,1H3,(H,23,24)/t16-,17+/m0/s1. The molecular formula is C22H27NO4. The Morgan fingerprint density at radius 1 is 1.19 bits per heavy atom. The number of furan rings is 1. The van der Waals surface area contributed by atoms with Gasteiger partial charge in [0.25, 0.3) is 0 Å². The van der Waals surface area contributed by atoms with Crippen LogP contribution in [0, 0.1) is 5.92 Å². The van der Waals surface area contributed by atoms with Crippen molar-refractivity contribution >= 4 is 5.91 Å². The van der Waals surface area contributed by atoms with Crippen LogP contribution >= 0.6 is 0 Å². The van der Waals surface area contributed by atoms with E-state index in [-0.39, 0.29) is 23.8 Å². The normalized spacial score (nSPS) is 23.2. The van der Waals surface area contributed by atoms with E-state index in [1.54, 1.807) is 13.4 Å². The molecule has 1 amide bonds. The van der Waals surface area contributed by atoms with Crippen molar-refractivity contribution in [3.05, 3.63) is 47.9 Å². The summed E-state index contributed by atoms with van der Waals surface area (Å²) in [6.07, 6.45) is 8.07. The van der Waals surface area contributed by atoms with Crippen LogP contribution in [0.3, 0.4) is 0 Å². The van der Waals surface area contributed by atoms with Crippen LogP contribution in [0.5, 0.6) is 11.5 Å². The Morgan fingerprint density at radius 3 is 2.78 bits per heavy atom. The molecule has 4 rings (SSSR count). The minimum Gasteiger partial charge on any atom is -0.493 e. The first-order valence-corrected chi connectivity index (χ1v) is 9.87. The maximum Gasteiger partial charge on any atom is 0.223 e. The fraction of sp³-hybridized carbons (Fsp3) is 0.500. The zero-order valence-electron chi connectivity index (χ0n) is 15.8. The minimum atomic E-state index is -0.0730. The van der Waals surface area contributed by atoms with Crippen molar-refractivity contribution in [2.24, 2.45) is 5.92 Å². The lowest BCUT2D eigenvalue weighted by atomic mass is 9.83. The molecule has 144 valence electrons. The van der Waals surface area contributed by atoms with Gasteiger partial charge in [0.2, 0.25) is 5.91 Å². The molecule has 5 heteroatoms. The SMILES string of the molecule is COc1ccc([C@H]2CNC(=O)[C@H](Cc3ccco3)C2)cc1OC1CCCC1. The number of carbonyl (C=O) groups excluding carboxylic acids is 1. The number of carbonyl (C=O) groups is 1. The molecule has 0 spiro atoms. The number of benzene rings is 1. The molecule has 27 heavy (non-hydrogen) atoms. The quantitative estimate of drug-likeness (QED) is 0.834. The zero-order valence-corrected chi connectivity index (χ0v) is 15.8. The zero-order chi connectivity index (χ0) is 18.6. The maximum absolute atomic E-state index is 12.3. The van der Waals surface area contributed by atoms with Crippen LogP contribution in [0.1, 0.15) is 49.3 Å². The molecule has 0 radical (unpaired) electrons. The van der Waals surface area contributed by atoms with Gasteiger partial charge < -0.3 is 19.2 Å². The number of hydrogen-bond acceptors (Lipinski definition) is 4. The molecule has 1 saturated heterocycles. The first-order chi connectivity index (χ1) is 13.2. The van der Waals surface area contributed by atoms with E-state index in [9.17, 15) is 4.79 Å². The monoisotopic (exact) mass is 369 g/mol. The van der Waals surface area contributed by atoms with Crippen molar-refractivity contribution in [3.8, 4) is 11.5 Å². The first kappa shape index (κ1) is 18.0. The van der Waals surface area contributed by atoms with Crippen molar-refractivity contribution in [1.29, 1.82) is 0 Å².